The molecule has 272 valence electrons. The second-order valence-corrected chi connectivity index (χ2v) is 14.6. The highest BCUT2D eigenvalue weighted by Crippen LogP contribution is 2.16. The Hall–Kier alpha value is -0.720. The highest BCUT2D eigenvalue weighted by Gasteiger charge is 2.17. The number of unbranched alkanes of at least 4 members (excludes halogenated alkanes) is 25. The van der Waals surface area contributed by atoms with E-state index in [4.69, 9.17) is 18.6 Å². The highest BCUT2D eigenvalue weighted by atomic mass is 35.7. The van der Waals surface area contributed by atoms with Gasteiger partial charge in [-0.15, -0.1) is 10.2 Å². The number of aryl methyl sites for hydroxylation is 3. The lowest BCUT2D eigenvalue weighted by Gasteiger charge is -2.17. The number of halogens is 1. The molecule has 0 radical (unpaired) electrons. The lowest BCUT2D eigenvalue weighted by Crippen LogP contribution is -2.68. The van der Waals surface area contributed by atoms with E-state index >= 15 is 0 Å². The predicted molar refractivity (Wildman–Crippen MR) is 185 cm³/mol. The minimum absolute atomic E-state index is 1.25. The molecule has 0 saturated heterocycles. The first-order chi connectivity index (χ1) is 22.2. The first kappa shape index (κ1) is 45.3. The van der Waals surface area contributed by atoms with Crippen LogP contribution in [-0.2, 0) is 19.4 Å². The number of hydrogen-bond acceptors (Lipinski definition) is 4. The van der Waals surface area contributed by atoms with Crippen LogP contribution < -0.4 is 23.2 Å². The van der Waals surface area contributed by atoms with Gasteiger partial charge in [-0.2, -0.15) is 4.57 Å². The summed E-state index contributed by atoms with van der Waals surface area (Å²) in [4.78, 5) is 0. The van der Waals surface area contributed by atoms with Gasteiger partial charge in [-0.1, -0.05) is 175 Å². The smallest absolute Gasteiger partial charge is 0.181 e. The maximum absolute atomic E-state index is 8.49. The predicted octanol–water partition coefficient (Wildman–Crippen LogP) is 8.59. The highest BCUT2D eigenvalue weighted by molar-refractivity contribution is 5.15. The van der Waals surface area contributed by atoms with E-state index in [-0.39, 0.29) is 0 Å². The van der Waals surface area contributed by atoms with Crippen LogP contribution in [0.25, 0.3) is 0 Å². The fourth-order valence-corrected chi connectivity index (χ4v) is 6.60. The summed E-state index contributed by atoms with van der Waals surface area (Å²) in [6.45, 7) is 10.5. The minimum atomic E-state index is -4.94. The molecule has 0 aliphatic carbocycles. The quantitative estimate of drug-likeness (QED) is 0.0584. The van der Waals surface area contributed by atoms with Gasteiger partial charge in [0.2, 0.25) is 0 Å². The molecule has 46 heavy (non-hydrogen) atoms. The molecule has 1 aromatic heterocycles. The van der Waals surface area contributed by atoms with Gasteiger partial charge in [-0.25, -0.2) is 18.6 Å². The van der Waals surface area contributed by atoms with E-state index in [0.717, 1.165) is 0 Å². The van der Waals surface area contributed by atoms with Crippen LogP contribution >= 0.6 is 0 Å². The lowest BCUT2D eigenvalue weighted by molar-refractivity contribution is -2.00. The van der Waals surface area contributed by atoms with E-state index in [1.807, 2.05) is 0 Å². The first-order valence-electron chi connectivity index (χ1n) is 19.9. The first-order valence-corrected chi connectivity index (χ1v) is 21.1. The van der Waals surface area contributed by atoms with Crippen LogP contribution in [0, 0.1) is 17.2 Å². The van der Waals surface area contributed by atoms with Gasteiger partial charge in [-0.3, -0.25) is 0 Å². The molecule has 0 unspecified atom stereocenters. The summed E-state index contributed by atoms with van der Waals surface area (Å²) in [6.07, 6.45) is 42.4. The Bertz CT molecular complexity index is 734. The summed E-state index contributed by atoms with van der Waals surface area (Å²) < 4.78 is 36.8. The zero-order valence-corrected chi connectivity index (χ0v) is 31.8. The zero-order valence-electron chi connectivity index (χ0n) is 31.0. The average molecular weight is 671 g/mol. The Labute approximate surface area is 288 Å². The van der Waals surface area contributed by atoms with Crippen LogP contribution in [0.4, 0.5) is 0 Å². The van der Waals surface area contributed by atoms with Gasteiger partial charge < -0.3 is 0 Å². The van der Waals surface area contributed by atoms with Crippen LogP contribution in [0.3, 0.4) is 0 Å². The summed E-state index contributed by atoms with van der Waals surface area (Å²) in [5.41, 5.74) is 4.76. The summed E-state index contributed by atoms with van der Waals surface area (Å²) in [7, 11) is -4.94. The van der Waals surface area contributed by atoms with Crippen molar-refractivity contribution in [1.29, 1.82) is 0 Å². The maximum atomic E-state index is 8.49. The topological polar surface area (TPSA) is 96.1 Å². The van der Waals surface area contributed by atoms with Crippen LogP contribution in [0.2, 0.25) is 0 Å². The molecule has 0 spiro atoms. The van der Waals surface area contributed by atoms with E-state index in [0.29, 0.717) is 0 Å². The van der Waals surface area contributed by atoms with E-state index in [1.54, 1.807) is 11.4 Å². The van der Waals surface area contributed by atoms with Crippen molar-refractivity contribution in [3.63, 3.8) is 0 Å². The lowest BCUT2D eigenvalue weighted by atomic mass is 10.0. The van der Waals surface area contributed by atoms with E-state index in [1.165, 1.54) is 205 Å². The van der Waals surface area contributed by atoms with E-state index in [9.17, 15) is 0 Å². The van der Waals surface area contributed by atoms with Crippen molar-refractivity contribution < 1.29 is 33.4 Å². The molecule has 0 aromatic carbocycles. The molecule has 0 aliphatic heterocycles. The van der Waals surface area contributed by atoms with Gasteiger partial charge in [0, 0.05) is 31.4 Å². The van der Waals surface area contributed by atoms with Crippen LogP contribution in [-0.4, -0.2) is 0 Å². The van der Waals surface area contributed by atoms with Crippen LogP contribution in [0.5, 0.6) is 0 Å². The van der Waals surface area contributed by atoms with Crippen molar-refractivity contribution in [1.82, 2.24) is 0 Å². The molecule has 0 fully saturated rings. The SMILES string of the molecule is CCCCCCCCCCCC[n+]1c(CCCCCCCCCCC)cc(C)cc1CCCCCCCCCCC.[O-][Cl+3]([O-])([O-])[O-]. The van der Waals surface area contributed by atoms with Gasteiger partial charge in [-0.05, 0) is 31.7 Å². The van der Waals surface area contributed by atoms with Crippen LogP contribution in [0.15, 0.2) is 12.1 Å². The van der Waals surface area contributed by atoms with Crippen molar-refractivity contribution in [3.05, 3.63) is 29.1 Å². The Morgan fingerprint density at radius 1 is 0.413 bits per heavy atom. The summed E-state index contributed by atoms with van der Waals surface area (Å²) >= 11 is 0. The Morgan fingerprint density at radius 2 is 0.652 bits per heavy atom. The van der Waals surface area contributed by atoms with Gasteiger partial charge in [0.25, 0.3) is 0 Å². The molecule has 0 amide bonds. The number of hydrogen-bond donors (Lipinski definition) is 0. The Morgan fingerprint density at radius 3 is 0.935 bits per heavy atom. The minimum Gasteiger partial charge on any atom is -0.222 e. The van der Waals surface area contributed by atoms with E-state index in [2.05, 4.69) is 44.4 Å². The second kappa shape index (κ2) is 32.8. The molecule has 1 heterocycles. The van der Waals surface area contributed by atoms with Crippen molar-refractivity contribution in [3.8, 4) is 0 Å². The van der Waals surface area contributed by atoms with Gasteiger partial charge in [0.05, 0.1) is 0 Å². The van der Waals surface area contributed by atoms with Crippen LogP contribution in [0.1, 0.15) is 218 Å². The van der Waals surface area contributed by atoms with Gasteiger partial charge >= 0.3 is 0 Å². The molecule has 6 heteroatoms. The molecule has 5 nitrogen and oxygen atoms in total. The van der Waals surface area contributed by atoms with Crippen molar-refractivity contribution in [2.45, 2.75) is 227 Å². The molecule has 0 N–H and O–H groups in total. The molecule has 1 aromatic rings. The Kier molecular flexibility index (Phi) is 32.3. The van der Waals surface area contributed by atoms with Gasteiger partial charge in [0.15, 0.2) is 11.4 Å². The van der Waals surface area contributed by atoms with Crippen molar-refractivity contribution in [2.75, 3.05) is 0 Å². The largest absolute Gasteiger partial charge is 0.222 e. The molecule has 1 rings (SSSR count). The van der Waals surface area contributed by atoms with E-state index < -0.39 is 10.2 Å². The second-order valence-electron chi connectivity index (χ2n) is 13.9. The third-order valence-electron chi connectivity index (χ3n) is 9.29. The monoisotopic (exact) mass is 670 g/mol. The zero-order chi connectivity index (χ0) is 34.1. The fraction of sp³-hybridized carbons (Fsp3) is 0.875. The number of pyridine rings is 1. The molecule has 0 saturated carbocycles. The van der Waals surface area contributed by atoms with Crippen molar-refractivity contribution >= 4 is 0 Å². The van der Waals surface area contributed by atoms with Crippen molar-refractivity contribution in [2.24, 2.45) is 0 Å². The number of aromatic nitrogens is 1. The third-order valence-corrected chi connectivity index (χ3v) is 9.29. The van der Waals surface area contributed by atoms with Gasteiger partial charge in [0.1, 0.15) is 6.54 Å². The summed E-state index contributed by atoms with van der Waals surface area (Å²) in [5, 5.41) is 0. The normalized spacial score (nSPS) is 11.6. The standard InChI is InChI=1S/C40H76N.ClHO4/c1-5-8-11-14-17-20-23-26-29-32-35-41-39(33-30-27-24-21-18-15-12-9-6-2)36-38(4)37-40(41)34-31-28-25-22-19-16-13-10-7-3;2-1(3,4)5/h36-37H,5-35H2,1-4H3;(H,2,3,4,5)/q+1;/p-1. The number of nitrogens with zero attached hydrogens (tertiary/aromatic N) is 1. The average Bonchev–Trinajstić information content (AvgIpc) is 3.00. The molecular weight excluding hydrogens is 594 g/mol. The molecule has 0 aliphatic rings. The molecular formula is C40H76ClNO4. The summed E-state index contributed by atoms with van der Waals surface area (Å²) in [5.74, 6) is 0. The Balaban J connectivity index is 0.00000373. The summed E-state index contributed by atoms with van der Waals surface area (Å²) in [6, 6.07) is 5.06. The third kappa shape index (κ3) is 31.9. The maximum Gasteiger partial charge on any atom is 0.181 e. The molecule has 0 bridgehead atoms. The fourth-order valence-electron chi connectivity index (χ4n) is 6.60. The number of rotatable bonds is 31. The molecule has 0 atom stereocenters.